The van der Waals surface area contributed by atoms with Gasteiger partial charge in [0.2, 0.25) is 0 Å². The molecule has 3 rings (SSSR count). The zero-order chi connectivity index (χ0) is 23.8. The smallest absolute Gasteiger partial charge is 0.271 e. The first-order chi connectivity index (χ1) is 15.8. The van der Waals surface area contributed by atoms with Crippen LogP contribution in [0, 0.1) is 6.92 Å². The molecular formula is C26H27NO5S. The lowest BCUT2D eigenvalue weighted by atomic mass is 10.2. The first kappa shape index (κ1) is 24.1. The number of benzene rings is 3. The van der Waals surface area contributed by atoms with E-state index in [0.29, 0.717) is 19.0 Å². The second kappa shape index (κ2) is 10.8. The van der Waals surface area contributed by atoms with Gasteiger partial charge in [0.15, 0.2) is 0 Å². The lowest BCUT2D eigenvalue weighted by Crippen LogP contribution is -2.35. The zero-order valence-electron chi connectivity index (χ0n) is 18.9. The molecule has 1 amide bonds. The monoisotopic (exact) mass is 465 g/mol. The van der Waals surface area contributed by atoms with Gasteiger partial charge in [0, 0.05) is 6.08 Å². The summed E-state index contributed by atoms with van der Waals surface area (Å²) in [6.45, 7) is 6.66. The first-order valence-electron chi connectivity index (χ1n) is 10.6. The maximum atomic E-state index is 13.4. The van der Waals surface area contributed by atoms with Gasteiger partial charge in [-0.25, -0.2) is 8.42 Å². The van der Waals surface area contributed by atoms with Crippen LogP contribution in [0.3, 0.4) is 0 Å². The average Bonchev–Trinajstić information content (AvgIpc) is 2.80. The molecule has 0 bridgehead atoms. The van der Waals surface area contributed by atoms with Crippen molar-refractivity contribution < 1.29 is 22.7 Å². The topological polar surface area (TPSA) is 72.9 Å². The minimum atomic E-state index is -4.14. The van der Waals surface area contributed by atoms with Gasteiger partial charge < -0.3 is 9.47 Å². The van der Waals surface area contributed by atoms with Crippen molar-refractivity contribution in [1.82, 2.24) is 0 Å². The number of ether oxygens (including phenoxy) is 2. The number of rotatable bonds is 9. The number of anilines is 1. The fraction of sp³-hybridized carbons (Fsp3) is 0.192. The molecule has 0 atom stereocenters. The van der Waals surface area contributed by atoms with E-state index in [4.69, 9.17) is 9.47 Å². The third-order valence-electron chi connectivity index (χ3n) is 4.75. The maximum absolute atomic E-state index is 13.4. The van der Waals surface area contributed by atoms with Crippen LogP contribution in [0.1, 0.15) is 25.0 Å². The van der Waals surface area contributed by atoms with E-state index < -0.39 is 15.9 Å². The van der Waals surface area contributed by atoms with Crippen molar-refractivity contribution in [2.24, 2.45) is 0 Å². The molecule has 7 heteroatoms. The third-order valence-corrected chi connectivity index (χ3v) is 6.49. The van der Waals surface area contributed by atoms with E-state index in [2.05, 4.69) is 0 Å². The minimum Gasteiger partial charge on any atom is -0.494 e. The van der Waals surface area contributed by atoms with Crippen molar-refractivity contribution in [2.45, 2.75) is 25.7 Å². The van der Waals surface area contributed by atoms with E-state index >= 15 is 0 Å². The Kier molecular flexibility index (Phi) is 7.90. The Morgan fingerprint density at radius 1 is 0.818 bits per heavy atom. The maximum Gasteiger partial charge on any atom is 0.271 e. The molecule has 0 saturated heterocycles. The van der Waals surface area contributed by atoms with Crippen LogP contribution in [0.2, 0.25) is 0 Å². The van der Waals surface area contributed by atoms with Gasteiger partial charge in [-0.1, -0.05) is 29.8 Å². The highest BCUT2D eigenvalue weighted by Gasteiger charge is 2.29. The van der Waals surface area contributed by atoms with Crippen molar-refractivity contribution in [1.29, 1.82) is 0 Å². The highest BCUT2D eigenvalue weighted by Crippen LogP contribution is 2.27. The van der Waals surface area contributed by atoms with Gasteiger partial charge >= 0.3 is 0 Å². The SMILES string of the molecule is CCOc1ccc(/C=C/C(=O)N(c2ccc(OCC)cc2)S(=O)(=O)c2ccc(C)cc2)cc1. The fourth-order valence-electron chi connectivity index (χ4n) is 3.12. The third kappa shape index (κ3) is 6.02. The number of sulfonamides is 1. The Bertz CT molecular complexity index is 1200. The van der Waals surface area contributed by atoms with E-state index in [0.717, 1.165) is 21.2 Å². The Morgan fingerprint density at radius 2 is 1.33 bits per heavy atom. The van der Waals surface area contributed by atoms with Gasteiger partial charge in [0.05, 0.1) is 23.8 Å². The van der Waals surface area contributed by atoms with Crippen LogP contribution in [-0.2, 0) is 14.8 Å². The Morgan fingerprint density at radius 3 is 1.85 bits per heavy atom. The summed E-state index contributed by atoms with van der Waals surface area (Å²) in [5, 5.41) is 0. The molecule has 6 nitrogen and oxygen atoms in total. The van der Waals surface area contributed by atoms with Gasteiger partial charge in [0.1, 0.15) is 11.5 Å². The number of carbonyl (C=O) groups excluding carboxylic acids is 1. The van der Waals surface area contributed by atoms with Crippen molar-refractivity contribution in [3.05, 3.63) is 90.0 Å². The highest BCUT2D eigenvalue weighted by atomic mass is 32.2. The van der Waals surface area contributed by atoms with Crippen LogP contribution in [-0.4, -0.2) is 27.5 Å². The Hall–Kier alpha value is -3.58. The Balaban J connectivity index is 1.96. The van der Waals surface area contributed by atoms with Gasteiger partial charge in [-0.2, -0.15) is 4.31 Å². The summed E-state index contributed by atoms with van der Waals surface area (Å²) in [5.41, 5.74) is 1.88. The number of amides is 1. The molecule has 0 aliphatic rings. The van der Waals surface area contributed by atoms with Gasteiger partial charge in [0.25, 0.3) is 15.9 Å². The number of hydrogen-bond acceptors (Lipinski definition) is 5. The summed E-state index contributed by atoms with van der Waals surface area (Å²) >= 11 is 0. The molecule has 0 unspecified atom stereocenters. The summed E-state index contributed by atoms with van der Waals surface area (Å²) < 4.78 is 38.6. The second-order valence-electron chi connectivity index (χ2n) is 7.18. The van der Waals surface area contributed by atoms with Crippen molar-refractivity contribution >= 4 is 27.7 Å². The lowest BCUT2D eigenvalue weighted by molar-refractivity contribution is -0.113. The molecule has 0 spiro atoms. The minimum absolute atomic E-state index is 0.0322. The van der Waals surface area contributed by atoms with Crippen LogP contribution in [0.5, 0.6) is 11.5 Å². The van der Waals surface area contributed by atoms with Crippen LogP contribution >= 0.6 is 0 Å². The van der Waals surface area contributed by atoms with Crippen molar-refractivity contribution in [3.63, 3.8) is 0 Å². The molecule has 3 aromatic carbocycles. The van der Waals surface area contributed by atoms with Gasteiger partial charge in [-0.15, -0.1) is 0 Å². The van der Waals surface area contributed by atoms with E-state index in [-0.39, 0.29) is 10.6 Å². The van der Waals surface area contributed by atoms with Crippen molar-refractivity contribution in [2.75, 3.05) is 17.5 Å². The molecule has 0 N–H and O–H groups in total. The average molecular weight is 466 g/mol. The van der Waals surface area contributed by atoms with Crippen LogP contribution in [0.25, 0.3) is 6.08 Å². The summed E-state index contributed by atoms with van der Waals surface area (Å²) in [6.07, 6.45) is 2.82. The number of aryl methyl sites for hydroxylation is 1. The van der Waals surface area contributed by atoms with Gasteiger partial charge in [-0.3, -0.25) is 4.79 Å². The number of hydrogen-bond donors (Lipinski definition) is 0. The molecule has 0 aliphatic carbocycles. The second-order valence-corrected chi connectivity index (χ2v) is 8.97. The Labute approximate surface area is 195 Å². The van der Waals surface area contributed by atoms with E-state index in [1.807, 2.05) is 20.8 Å². The quantitative estimate of drug-likeness (QED) is 0.405. The predicted molar refractivity (Wildman–Crippen MR) is 130 cm³/mol. The van der Waals surface area contributed by atoms with Gasteiger partial charge in [-0.05, 0) is 80.9 Å². The predicted octanol–water partition coefficient (Wildman–Crippen LogP) is 5.23. The molecule has 33 heavy (non-hydrogen) atoms. The lowest BCUT2D eigenvalue weighted by Gasteiger charge is -2.22. The van der Waals surface area contributed by atoms with Crippen LogP contribution < -0.4 is 13.8 Å². The molecule has 3 aromatic rings. The van der Waals surface area contributed by atoms with Crippen LogP contribution in [0.15, 0.2) is 83.8 Å². The number of nitrogens with zero attached hydrogens (tertiary/aromatic N) is 1. The molecule has 0 radical (unpaired) electrons. The van der Waals surface area contributed by atoms with E-state index in [1.165, 1.54) is 18.2 Å². The molecular weight excluding hydrogens is 438 g/mol. The molecule has 0 heterocycles. The standard InChI is InChI=1S/C26H27NO5S/c1-4-31-23-13-8-21(9-14-23)10-19-26(28)27(22-11-15-24(16-12-22)32-5-2)33(29,30)25-17-6-20(3)7-18-25/h6-19H,4-5H2,1-3H3/b19-10+. The largest absolute Gasteiger partial charge is 0.494 e. The molecule has 0 saturated carbocycles. The molecule has 0 aliphatic heterocycles. The van der Waals surface area contributed by atoms with Crippen molar-refractivity contribution in [3.8, 4) is 11.5 Å². The summed E-state index contributed by atoms with van der Waals surface area (Å²) in [4.78, 5) is 13.2. The van der Waals surface area contributed by atoms with E-state index in [1.54, 1.807) is 66.7 Å². The molecule has 172 valence electrons. The number of carbonyl (C=O) groups is 1. The summed E-state index contributed by atoms with van der Waals surface area (Å²) in [6, 6.07) is 20.0. The zero-order valence-corrected chi connectivity index (χ0v) is 19.7. The highest BCUT2D eigenvalue weighted by molar-refractivity contribution is 7.93. The fourth-order valence-corrected chi connectivity index (χ4v) is 4.51. The normalized spacial score (nSPS) is 11.4. The van der Waals surface area contributed by atoms with E-state index in [9.17, 15) is 13.2 Å². The van der Waals surface area contributed by atoms with Crippen LogP contribution in [0.4, 0.5) is 5.69 Å². The summed E-state index contributed by atoms with van der Waals surface area (Å²) in [7, 11) is -4.14. The molecule has 0 fully saturated rings. The summed E-state index contributed by atoms with van der Waals surface area (Å²) in [5.74, 6) is 0.624. The first-order valence-corrected chi connectivity index (χ1v) is 12.1. The molecule has 0 aromatic heterocycles.